The monoisotopic (exact) mass is 162 g/mol. The maximum absolute atomic E-state index is 4.36. The quantitative estimate of drug-likeness (QED) is 0.595. The summed E-state index contributed by atoms with van der Waals surface area (Å²) in [5.41, 5.74) is 2.17. The highest BCUT2D eigenvalue weighted by Crippen LogP contribution is 2.15. The molecule has 2 nitrogen and oxygen atoms in total. The number of hydrogen-bond acceptors (Lipinski definition) is 1. The first-order valence-corrected chi connectivity index (χ1v) is 3.94. The SMILES string of the molecule is C=C/C(C)=N\c1cc(C)cn1C. The summed E-state index contributed by atoms with van der Waals surface area (Å²) in [6.45, 7) is 7.65. The van der Waals surface area contributed by atoms with Gasteiger partial charge in [-0.2, -0.15) is 0 Å². The van der Waals surface area contributed by atoms with Crippen molar-refractivity contribution < 1.29 is 0 Å². The average Bonchev–Trinajstić information content (AvgIpc) is 2.30. The van der Waals surface area contributed by atoms with Gasteiger partial charge in [-0.25, -0.2) is 4.99 Å². The minimum atomic E-state index is 0.941. The maximum Gasteiger partial charge on any atom is 0.132 e. The highest BCUT2D eigenvalue weighted by Gasteiger charge is 1.96. The number of allylic oxidation sites excluding steroid dienone is 1. The Bertz CT molecular complexity index is 319. The molecule has 1 rings (SSSR count). The van der Waals surface area contributed by atoms with Crippen molar-refractivity contribution in [2.75, 3.05) is 0 Å². The molecule has 0 saturated heterocycles. The van der Waals surface area contributed by atoms with E-state index in [0.29, 0.717) is 0 Å². The molecule has 0 aliphatic heterocycles. The van der Waals surface area contributed by atoms with Gasteiger partial charge >= 0.3 is 0 Å². The largest absolute Gasteiger partial charge is 0.336 e. The number of rotatable bonds is 2. The Hall–Kier alpha value is -1.31. The van der Waals surface area contributed by atoms with Crippen LogP contribution in [-0.4, -0.2) is 10.3 Å². The van der Waals surface area contributed by atoms with Crippen LogP contribution in [0.25, 0.3) is 0 Å². The van der Waals surface area contributed by atoms with Crippen LogP contribution in [-0.2, 0) is 7.05 Å². The Kier molecular flexibility index (Phi) is 2.48. The third-order valence-electron chi connectivity index (χ3n) is 1.70. The van der Waals surface area contributed by atoms with E-state index in [2.05, 4.69) is 24.7 Å². The summed E-state index contributed by atoms with van der Waals surface area (Å²) in [7, 11) is 1.99. The molecule has 1 aromatic heterocycles. The zero-order valence-electron chi connectivity index (χ0n) is 7.83. The number of hydrogen-bond donors (Lipinski definition) is 0. The second kappa shape index (κ2) is 3.39. The minimum Gasteiger partial charge on any atom is -0.336 e. The molecule has 0 saturated carbocycles. The van der Waals surface area contributed by atoms with Gasteiger partial charge in [0.2, 0.25) is 0 Å². The summed E-state index contributed by atoms with van der Waals surface area (Å²) in [4.78, 5) is 4.36. The van der Waals surface area contributed by atoms with Crippen LogP contribution in [0.15, 0.2) is 29.9 Å². The topological polar surface area (TPSA) is 17.3 Å². The van der Waals surface area contributed by atoms with Crippen molar-refractivity contribution in [2.45, 2.75) is 13.8 Å². The molecule has 0 N–H and O–H groups in total. The van der Waals surface area contributed by atoms with Crippen LogP contribution >= 0.6 is 0 Å². The summed E-state index contributed by atoms with van der Waals surface area (Å²) in [6.07, 6.45) is 3.80. The van der Waals surface area contributed by atoms with Crippen LogP contribution in [0.4, 0.5) is 5.82 Å². The van der Waals surface area contributed by atoms with E-state index in [1.165, 1.54) is 5.56 Å². The predicted octanol–water partition coefficient (Wildman–Crippen LogP) is 2.61. The molecule has 0 fully saturated rings. The van der Waals surface area contributed by atoms with Crippen molar-refractivity contribution >= 4 is 11.5 Å². The predicted molar refractivity (Wildman–Crippen MR) is 53.1 cm³/mol. The van der Waals surface area contributed by atoms with E-state index < -0.39 is 0 Å². The van der Waals surface area contributed by atoms with Crippen molar-refractivity contribution in [1.29, 1.82) is 0 Å². The summed E-state index contributed by atoms with van der Waals surface area (Å²) in [6, 6.07) is 2.05. The van der Waals surface area contributed by atoms with Crippen molar-refractivity contribution in [1.82, 2.24) is 4.57 Å². The maximum atomic E-state index is 4.36. The normalized spacial score (nSPS) is 11.8. The molecule has 0 bridgehead atoms. The molecule has 1 aromatic rings. The first-order chi connectivity index (χ1) is 5.63. The zero-order chi connectivity index (χ0) is 9.14. The molecule has 2 heteroatoms. The molecule has 0 aromatic carbocycles. The minimum absolute atomic E-state index is 0.941. The van der Waals surface area contributed by atoms with Gasteiger partial charge in [0.15, 0.2) is 0 Å². The highest BCUT2D eigenvalue weighted by atomic mass is 15.0. The Morgan fingerprint density at radius 1 is 1.67 bits per heavy atom. The van der Waals surface area contributed by atoms with Crippen LogP contribution in [0.3, 0.4) is 0 Å². The Balaban J connectivity index is 3.03. The van der Waals surface area contributed by atoms with E-state index in [1.807, 2.05) is 24.6 Å². The van der Waals surface area contributed by atoms with Gasteiger partial charge in [0.25, 0.3) is 0 Å². The Labute approximate surface area is 73.2 Å². The lowest BCUT2D eigenvalue weighted by Gasteiger charge is -1.95. The standard InChI is InChI=1S/C10H14N2/c1-5-9(3)11-10-6-8(2)7-12(10)4/h5-7H,1H2,2-4H3/b11-9-. The Morgan fingerprint density at radius 3 is 2.75 bits per heavy atom. The van der Waals surface area contributed by atoms with Crippen LogP contribution in [0.1, 0.15) is 12.5 Å². The fourth-order valence-corrected chi connectivity index (χ4v) is 1.05. The van der Waals surface area contributed by atoms with Gasteiger partial charge < -0.3 is 4.57 Å². The summed E-state index contributed by atoms with van der Waals surface area (Å²) >= 11 is 0. The van der Waals surface area contributed by atoms with E-state index in [1.54, 1.807) is 6.08 Å². The molecule has 0 spiro atoms. The van der Waals surface area contributed by atoms with Gasteiger partial charge in [-0.05, 0) is 31.6 Å². The third kappa shape index (κ3) is 1.84. The van der Waals surface area contributed by atoms with Gasteiger partial charge in [-0.3, -0.25) is 0 Å². The summed E-state index contributed by atoms with van der Waals surface area (Å²) in [5, 5.41) is 0. The van der Waals surface area contributed by atoms with E-state index >= 15 is 0 Å². The Morgan fingerprint density at radius 2 is 2.33 bits per heavy atom. The third-order valence-corrected chi connectivity index (χ3v) is 1.70. The molecule has 0 amide bonds. The average molecular weight is 162 g/mol. The smallest absolute Gasteiger partial charge is 0.132 e. The fraction of sp³-hybridized carbons (Fsp3) is 0.300. The number of aliphatic imine (C=N–C) groups is 1. The highest BCUT2D eigenvalue weighted by molar-refractivity contribution is 5.93. The van der Waals surface area contributed by atoms with Gasteiger partial charge in [-0.1, -0.05) is 6.58 Å². The lowest BCUT2D eigenvalue weighted by atomic mass is 10.4. The van der Waals surface area contributed by atoms with Gasteiger partial charge in [0.05, 0.1) is 0 Å². The van der Waals surface area contributed by atoms with Gasteiger partial charge in [0, 0.05) is 19.0 Å². The molecular formula is C10H14N2. The fourth-order valence-electron chi connectivity index (χ4n) is 1.05. The molecule has 1 heterocycles. The molecule has 0 aliphatic rings. The molecule has 0 aliphatic carbocycles. The van der Waals surface area contributed by atoms with Crippen molar-refractivity contribution in [3.05, 3.63) is 30.5 Å². The van der Waals surface area contributed by atoms with E-state index in [4.69, 9.17) is 0 Å². The number of nitrogens with zero attached hydrogens (tertiary/aromatic N) is 2. The van der Waals surface area contributed by atoms with Crippen molar-refractivity contribution in [2.24, 2.45) is 12.0 Å². The molecule has 0 radical (unpaired) electrons. The molecule has 0 unspecified atom stereocenters. The van der Waals surface area contributed by atoms with Crippen molar-refractivity contribution in [3.63, 3.8) is 0 Å². The molecule has 64 valence electrons. The number of aryl methyl sites for hydroxylation is 2. The lowest BCUT2D eigenvalue weighted by molar-refractivity contribution is 0.922. The van der Waals surface area contributed by atoms with E-state index in [9.17, 15) is 0 Å². The summed E-state index contributed by atoms with van der Waals surface area (Å²) < 4.78 is 2.00. The van der Waals surface area contributed by atoms with Gasteiger partial charge in [0.1, 0.15) is 5.82 Å². The lowest BCUT2D eigenvalue weighted by Crippen LogP contribution is -1.86. The molecule has 0 atom stereocenters. The van der Waals surface area contributed by atoms with Crippen molar-refractivity contribution in [3.8, 4) is 0 Å². The van der Waals surface area contributed by atoms with Gasteiger partial charge in [-0.15, -0.1) is 0 Å². The van der Waals surface area contributed by atoms with E-state index in [0.717, 1.165) is 11.5 Å². The zero-order valence-corrected chi connectivity index (χ0v) is 7.83. The second-order valence-corrected chi connectivity index (χ2v) is 2.94. The first kappa shape index (κ1) is 8.78. The van der Waals surface area contributed by atoms with Crippen LogP contribution in [0.2, 0.25) is 0 Å². The van der Waals surface area contributed by atoms with E-state index in [-0.39, 0.29) is 0 Å². The molecule has 12 heavy (non-hydrogen) atoms. The van der Waals surface area contributed by atoms with Crippen LogP contribution < -0.4 is 0 Å². The first-order valence-electron chi connectivity index (χ1n) is 3.94. The summed E-state index contributed by atoms with van der Waals surface area (Å²) in [5.74, 6) is 0.977. The number of aromatic nitrogens is 1. The second-order valence-electron chi connectivity index (χ2n) is 2.94. The van der Waals surface area contributed by atoms with Crippen LogP contribution in [0, 0.1) is 6.92 Å². The molecular weight excluding hydrogens is 148 g/mol. The van der Waals surface area contributed by atoms with Crippen LogP contribution in [0.5, 0.6) is 0 Å².